The van der Waals surface area contributed by atoms with Crippen molar-refractivity contribution in [2.45, 2.75) is 38.3 Å². The molecule has 3 heterocycles. The van der Waals surface area contributed by atoms with E-state index in [2.05, 4.69) is 22.1 Å². The Labute approximate surface area is 180 Å². The van der Waals surface area contributed by atoms with Crippen LogP contribution in [0.4, 0.5) is 14.5 Å². The molecule has 0 bridgehead atoms. The third-order valence-corrected chi connectivity index (χ3v) is 6.08. The molecule has 2 atom stereocenters. The Bertz CT molecular complexity index is 977. The molecule has 8 heteroatoms. The normalized spacial score (nSPS) is 21.7. The molecule has 2 aliphatic heterocycles. The van der Waals surface area contributed by atoms with Gasteiger partial charge in [0, 0.05) is 49.4 Å². The van der Waals surface area contributed by atoms with Crippen LogP contribution < -0.4 is 10.2 Å². The van der Waals surface area contributed by atoms with Gasteiger partial charge in [-0.1, -0.05) is 19.9 Å². The number of rotatable bonds is 4. The fraction of sp³-hybridized carbons (Fsp3) is 0.478. The van der Waals surface area contributed by atoms with E-state index in [0.717, 1.165) is 37.5 Å². The highest BCUT2D eigenvalue weighted by molar-refractivity contribution is 5.97. The lowest BCUT2D eigenvalue weighted by Gasteiger charge is -2.32. The average Bonchev–Trinajstić information content (AvgIpc) is 2.98. The van der Waals surface area contributed by atoms with Crippen molar-refractivity contribution < 1.29 is 18.7 Å². The Morgan fingerprint density at radius 3 is 2.74 bits per heavy atom. The first-order chi connectivity index (χ1) is 14.7. The van der Waals surface area contributed by atoms with E-state index in [1.807, 2.05) is 13.8 Å². The van der Waals surface area contributed by atoms with Gasteiger partial charge in [-0.3, -0.25) is 14.7 Å². The van der Waals surface area contributed by atoms with E-state index in [-0.39, 0.29) is 23.4 Å². The van der Waals surface area contributed by atoms with E-state index in [0.29, 0.717) is 18.3 Å². The Morgan fingerprint density at radius 2 is 2.06 bits per heavy atom. The maximum atomic E-state index is 14.2. The van der Waals surface area contributed by atoms with E-state index >= 15 is 0 Å². The van der Waals surface area contributed by atoms with E-state index in [1.165, 1.54) is 12.3 Å². The van der Waals surface area contributed by atoms with Gasteiger partial charge in [0.1, 0.15) is 17.7 Å². The lowest BCUT2D eigenvalue weighted by molar-refractivity contribution is -0.120. The number of anilines is 1. The number of benzene rings is 1. The van der Waals surface area contributed by atoms with Gasteiger partial charge in [0.05, 0.1) is 23.5 Å². The van der Waals surface area contributed by atoms with Gasteiger partial charge >= 0.3 is 0 Å². The maximum absolute atomic E-state index is 14.2. The number of nitrogens with zero attached hydrogens (tertiary/aromatic N) is 3. The molecule has 0 radical (unpaired) electrons. The van der Waals surface area contributed by atoms with Gasteiger partial charge in [-0.05, 0) is 25.1 Å². The molecule has 4 rings (SSSR count). The number of hydrogen-bond donors (Lipinski definition) is 2. The zero-order valence-corrected chi connectivity index (χ0v) is 18.0. The number of aliphatic hydroxyl groups is 1. The second-order valence-corrected chi connectivity index (χ2v) is 9.13. The Balaban J connectivity index is 1.63. The monoisotopic (exact) mass is 430 g/mol. The van der Waals surface area contributed by atoms with Crippen LogP contribution in [-0.2, 0) is 10.2 Å². The molecule has 166 valence electrons. The Hall–Kier alpha value is -2.42. The second-order valence-electron chi connectivity index (χ2n) is 9.13. The van der Waals surface area contributed by atoms with Crippen LogP contribution in [0.15, 0.2) is 30.5 Å². The number of aliphatic hydroxyl groups excluding tert-OH is 1. The fourth-order valence-corrected chi connectivity index (χ4v) is 4.49. The molecule has 1 saturated heterocycles. The predicted octanol–water partition coefficient (Wildman–Crippen LogP) is 2.36. The Morgan fingerprint density at radius 1 is 1.35 bits per heavy atom. The van der Waals surface area contributed by atoms with Crippen LogP contribution in [-0.4, -0.2) is 59.7 Å². The Kier molecular flexibility index (Phi) is 5.81. The number of aromatic nitrogens is 1. The highest BCUT2D eigenvalue weighted by atomic mass is 19.1. The highest BCUT2D eigenvalue weighted by Gasteiger charge is 2.40. The summed E-state index contributed by atoms with van der Waals surface area (Å²) in [4.78, 5) is 21.5. The topological polar surface area (TPSA) is 68.7 Å². The molecule has 1 fully saturated rings. The number of piperazine rings is 1. The molecule has 2 unspecified atom stereocenters. The summed E-state index contributed by atoms with van der Waals surface area (Å²) in [7, 11) is 0. The van der Waals surface area contributed by atoms with Gasteiger partial charge in [0.2, 0.25) is 5.91 Å². The summed E-state index contributed by atoms with van der Waals surface area (Å²) in [6, 6.07) is 5.42. The molecule has 0 saturated carbocycles. The quantitative estimate of drug-likeness (QED) is 0.780. The molecular formula is C23H28F2N4O2. The maximum Gasteiger partial charge on any atom is 0.241 e. The van der Waals surface area contributed by atoms with Crippen molar-refractivity contribution in [3.05, 3.63) is 58.9 Å². The number of carbonyl (C=O) groups excluding carboxylic acids is 1. The molecule has 31 heavy (non-hydrogen) atoms. The van der Waals surface area contributed by atoms with Gasteiger partial charge in [0.25, 0.3) is 0 Å². The molecule has 0 spiro atoms. The minimum absolute atomic E-state index is 0.0496. The first-order valence-corrected chi connectivity index (χ1v) is 10.6. The number of pyridine rings is 1. The van der Waals surface area contributed by atoms with E-state index in [4.69, 9.17) is 0 Å². The van der Waals surface area contributed by atoms with Gasteiger partial charge in [0.15, 0.2) is 0 Å². The summed E-state index contributed by atoms with van der Waals surface area (Å²) in [5, 5.41) is 14.1. The van der Waals surface area contributed by atoms with Crippen LogP contribution >= 0.6 is 0 Å². The third kappa shape index (κ3) is 4.20. The first-order valence-electron chi connectivity index (χ1n) is 10.6. The lowest BCUT2D eigenvalue weighted by atomic mass is 9.90. The van der Waals surface area contributed by atoms with Crippen molar-refractivity contribution >= 4 is 11.6 Å². The minimum atomic E-state index is -1.52. The molecule has 6 nitrogen and oxygen atoms in total. The van der Waals surface area contributed by atoms with Crippen LogP contribution in [0.3, 0.4) is 0 Å². The zero-order chi connectivity index (χ0) is 22.3. The van der Waals surface area contributed by atoms with Crippen molar-refractivity contribution in [3.63, 3.8) is 0 Å². The summed E-state index contributed by atoms with van der Waals surface area (Å²) in [6.45, 7) is 9.27. The largest absolute Gasteiger partial charge is 0.383 e. The van der Waals surface area contributed by atoms with Crippen molar-refractivity contribution in [2.24, 2.45) is 0 Å². The minimum Gasteiger partial charge on any atom is -0.383 e. The van der Waals surface area contributed by atoms with E-state index in [9.17, 15) is 18.7 Å². The number of amides is 1. The fourth-order valence-electron chi connectivity index (χ4n) is 4.49. The molecule has 2 aliphatic rings. The molecule has 1 aromatic heterocycles. The van der Waals surface area contributed by atoms with Crippen LogP contribution in [0.2, 0.25) is 0 Å². The molecule has 2 aromatic rings. The third-order valence-electron chi connectivity index (χ3n) is 6.08. The SMILES string of the molecule is CC1CN(CC(=O)N2CC(C)(C)c3ncc(C(O)c4c(F)cccc4F)cc32)CCN1. The molecule has 2 N–H and O–H groups in total. The number of fused-ring (bicyclic) bond motifs is 1. The van der Waals surface area contributed by atoms with Crippen molar-refractivity contribution in [2.75, 3.05) is 37.6 Å². The molecular weight excluding hydrogens is 402 g/mol. The van der Waals surface area contributed by atoms with Crippen LogP contribution in [0.1, 0.15) is 43.7 Å². The molecule has 1 amide bonds. The standard InChI is InChI=1S/C23H28F2N4O2/c1-14-11-28(8-7-26-14)12-19(30)29-13-23(2,3)22-18(29)9-15(10-27-22)21(31)20-16(24)5-4-6-17(20)25/h4-6,9-10,14,21,26,31H,7-8,11-13H2,1-3H3. The number of hydrogen-bond acceptors (Lipinski definition) is 5. The lowest BCUT2D eigenvalue weighted by Crippen LogP contribution is -2.52. The van der Waals surface area contributed by atoms with Gasteiger partial charge < -0.3 is 15.3 Å². The van der Waals surface area contributed by atoms with Crippen molar-refractivity contribution in [3.8, 4) is 0 Å². The number of halogens is 2. The molecule has 0 aliphatic carbocycles. The number of carbonyl (C=O) groups is 1. The van der Waals surface area contributed by atoms with Gasteiger partial charge in [-0.25, -0.2) is 8.78 Å². The first kappa shape index (κ1) is 21.8. The highest BCUT2D eigenvalue weighted by Crippen LogP contribution is 2.41. The van der Waals surface area contributed by atoms with Gasteiger partial charge in [-0.2, -0.15) is 0 Å². The zero-order valence-electron chi connectivity index (χ0n) is 18.0. The molecule has 1 aromatic carbocycles. The summed E-state index contributed by atoms with van der Waals surface area (Å²) < 4.78 is 28.4. The van der Waals surface area contributed by atoms with Crippen molar-refractivity contribution in [1.29, 1.82) is 0 Å². The number of nitrogens with one attached hydrogen (secondary N) is 1. The van der Waals surface area contributed by atoms with E-state index < -0.39 is 23.3 Å². The second kappa shape index (κ2) is 8.26. The smallest absolute Gasteiger partial charge is 0.241 e. The summed E-state index contributed by atoms with van der Waals surface area (Å²) in [5.74, 6) is -1.70. The summed E-state index contributed by atoms with van der Waals surface area (Å²) >= 11 is 0. The predicted molar refractivity (Wildman–Crippen MR) is 114 cm³/mol. The van der Waals surface area contributed by atoms with Crippen molar-refractivity contribution in [1.82, 2.24) is 15.2 Å². The van der Waals surface area contributed by atoms with Gasteiger partial charge in [-0.15, -0.1) is 0 Å². The average molecular weight is 430 g/mol. The summed E-state index contributed by atoms with van der Waals surface area (Å²) in [6.07, 6.45) is -0.0861. The van der Waals surface area contributed by atoms with Crippen LogP contribution in [0.25, 0.3) is 0 Å². The van der Waals surface area contributed by atoms with E-state index in [1.54, 1.807) is 11.0 Å². The van der Waals surface area contributed by atoms with Crippen LogP contribution in [0, 0.1) is 11.6 Å². The summed E-state index contributed by atoms with van der Waals surface area (Å²) in [5.41, 5.74) is 0.781. The van der Waals surface area contributed by atoms with Crippen LogP contribution in [0.5, 0.6) is 0 Å².